The molecule has 1 N–H and O–H groups in total. The van der Waals surface area contributed by atoms with Crippen LogP contribution < -0.4 is 15.1 Å². The van der Waals surface area contributed by atoms with Crippen molar-refractivity contribution in [2.24, 2.45) is 0 Å². The molecular formula is C28H34FN7O. The summed E-state index contributed by atoms with van der Waals surface area (Å²) in [5, 5.41) is 3.76. The van der Waals surface area contributed by atoms with E-state index in [1.165, 1.54) is 12.3 Å². The molecule has 4 heterocycles. The number of carbonyl (C=O) groups excluding carboxylic acids is 1. The average Bonchev–Trinajstić information content (AvgIpc) is 2.92. The number of hydrogen-bond acceptors (Lipinski definition) is 7. The molecule has 5 rings (SSSR count). The average molecular weight is 504 g/mol. The second-order valence-corrected chi connectivity index (χ2v) is 9.95. The zero-order valence-electron chi connectivity index (χ0n) is 21.7. The van der Waals surface area contributed by atoms with Crippen LogP contribution in [0.1, 0.15) is 39.9 Å². The van der Waals surface area contributed by atoms with Crippen LogP contribution >= 0.6 is 0 Å². The largest absolute Gasteiger partial charge is 0.382 e. The highest BCUT2D eigenvalue weighted by atomic mass is 19.1. The molecule has 3 aromatic rings. The van der Waals surface area contributed by atoms with Gasteiger partial charge in [0.2, 0.25) is 5.95 Å². The maximum absolute atomic E-state index is 13.7. The number of nitrogens with one attached hydrogen (secondary N) is 1. The Kier molecular flexibility index (Phi) is 7.21. The number of aryl methyl sites for hydroxylation is 2. The molecule has 0 aliphatic carbocycles. The number of rotatable bonds is 5. The predicted octanol–water partition coefficient (Wildman–Crippen LogP) is 3.98. The van der Waals surface area contributed by atoms with Crippen molar-refractivity contribution in [3.05, 3.63) is 70.9 Å². The smallest absolute Gasteiger partial charge is 0.254 e. The molecule has 2 aliphatic rings. The summed E-state index contributed by atoms with van der Waals surface area (Å²) >= 11 is 0. The van der Waals surface area contributed by atoms with E-state index >= 15 is 0 Å². The zero-order chi connectivity index (χ0) is 25.9. The van der Waals surface area contributed by atoms with Crippen LogP contribution in [0.25, 0.3) is 0 Å². The Labute approximate surface area is 217 Å². The number of pyridine rings is 1. The van der Waals surface area contributed by atoms with Gasteiger partial charge in [-0.05, 0) is 68.5 Å². The third-order valence-electron chi connectivity index (χ3n) is 7.47. The van der Waals surface area contributed by atoms with Gasteiger partial charge in [-0.3, -0.25) is 4.79 Å². The number of anilines is 3. The first-order chi connectivity index (χ1) is 17.9. The first-order valence-corrected chi connectivity index (χ1v) is 13.0. The molecule has 1 amide bonds. The van der Waals surface area contributed by atoms with E-state index in [1.54, 1.807) is 18.5 Å². The quantitative estimate of drug-likeness (QED) is 0.564. The van der Waals surface area contributed by atoms with Crippen molar-refractivity contribution in [2.75, 3.05) is 54.4 Å². The molecule has 8 nitrogen and oxygen atoms in total. The summed E-state index contributed by atoms with van der Waals surface area (Å²) in [7, 11) is 0. The summed E-state index contributed by atoms with van der Waals surface area (Å²) < 4.78 is 13.2. The van der Waals surface area contributed by atoms with E-state index in [1.807, 2.05) is 17.9 Å². The van der Waals surface area contributed by atoms with Gasteiger partial charge in [0.25, 0.3) is 5.91 Å². The van der Waals surface area contributed by atoms with Crippen LogP contribution in [0.4, 0.5) is 21.8 Å². The molecule has 37 heavy (non-hydrogen) atoms. The monoisotopic (exact) mass is 503 g/mol. The normalized spacial score (nSPS) is 16.7. The molecule has 2 aliphatic heterocycles. The predicted molar refractivity (Wildman–Crippen MR) is 144 cm³/mol. The van der Waals surface area contributed by atoms with E-state index in [4.69, 9.17) is 0 Å². The van der Waals surface area contributed by atoms with E-state index in [9.17, 15) is 9.18 Å². The van der Waals surface area contributed by atoms with Gasteiger partial charge in [-0.15, -0.1) is 0 Å². The van der Waals surface area contributed by atoms with E-state index in [0.717, 1.165) is 65.6 Å². The molecule has 0 spiro atoms. The second kappa shape index (κ2) is 10.7. The fraction of sp³-hybridized carbons (Fsp3) is 0.429. The van der Waals surface area contributed by atoms with Crippen molar-refractivity contribution < 1.29 is 9.18 Å². The Hall–Kier alpha value is -3.75. The molecule has 0 bridgehead atoms. The van der Waals surface area contributed by atoms with Crippen molar-refractivity contribution in [1.82, 2.24) is 19.9 Å². The molecule has 2 aromatic heterocycles. The van der Waals surface area contributed by atoms with Gasteiger partial charge >= 0.3 is 0 Å². The number of benzene rings is 1. The van der Waals surface area contributed by atoms with Gasteiger partial charge in [0.1, 0.15) is 11.6 Å². The number of piperazine rings is 1. The molecule has 0 atom stereocenters. The molecular weight excluding hydrogens is 469 g/mol. The molecule has 2 fully saturated rings. The number of carbonyl (C=O) groups is 1. The molecule has 9 heteroatoms. The van der Waals surface area contributed by atoms with Crippen molar-refractivity contribution >= 4 is 23.4 Å². The summed E-state index contributed by atoms with van der Waals surface area (Å²) in [6.45, 7) is 10.5. The first-order valence-electron chi connectivity index (χ1n) is 13.0. The second-order valence-electron chi connectivity index (χ2n) is 9.95. The summed E-state index contributed by atoms with van der Waals surface area (Å²) in [6, 6.07) is 7.40. The third kappa shape index (κ3) is 5.35. The first kappa shape index (κ1) is 24.9. The van der Waals surface area contributed by atoms with Gasteiger partial charge in [-0.2, -0.15) is 0 Å². The highest BCUT2D eigenvalue weighted by Gasteiger charge is 2.28. The van der Waals surface area contributed by atoms with Crippen molar-refractivity contribution in [3.63, 3.8) is 0 Å². The maximum Gasteiger partial charge on any atom is 0.254 e. The minimum Gasteiger partial charge on any atom is -0.382 e. The molecule has 1 aromatic carbocycles. The van der Waals surface area contributed by atoms with Gasteiger partial charge < -0.3 is 20.0 Å². The fourth-order valence-corrected chi connectivity index (χ4v) is 5.47. The molecule has 194 valence electrons. The molecule has 0 unspecified atom stereocenters. The van der Waals surface area contributed by atoms with E-state index in [2.05, 4.69) is 50.0 Å². The lowest BCUT2D eigenvalue weighted by Gasteiger charge is -2.36. The topological polar surface area (TPSA) is 77.5 Å². The fourth-order valence-electron chi connectivity index (χ4n) is 5.47. The van der Waals surface area contributed by atoms with Gasteiger partial charge in [0.05, 0.1) is 6.20 Å². The Morgan fingerprint density at radius 2 is 1.62 bits per heavy atom. The third-order valence-corrected chi connectivity index (χ3v) is 7.47. The highest BCUT2D eigenvalue weighted by molar-refractivity contribution is 5.99. The lowest BCUT2D eigenvalue weighted by Crippen LogP contribution is -2.49. The van der Waals surface area contributed by atoms with Gasteiger partial charge in [-0.1, -0.05) is 6.07 Å². The minimum absolute atomic E-state index is 0.0702. The lowest BCUT2D eigenvalue weighted by atomic mass is 9.94. The molecule has 2 saturated heterocycles. The van der Waals surface area contributed by atoms with Crippen LogP contribution in [0.3, 0.4) is 0 Å². The summed E-state index contributed by atoms with van der Waals surface area (Å²) in [5.41, 5.74) is 5.03. The van der Waals surface area contributed by atoms with Crippen LogP contribution in [0.2, 0.25) is 0 Å². The Morgan fingerprint density at radius 3 is 2.27 bits per heavy atom. The van der Waals surface area contributed by atoms with Gasteiger partial charge in [0, 0.05) is 69.0 Å². The number of hydrogen-bond donors (Lipinski definition) is 1. The van der Waals surface area contributed by atoms with E-state index < -0.39 is 0 Å². The highest BCUT2D eigenvalue weighted by Crippen LogP contribution is 2.30. The minimum atomic E-state index is -0.344. The van der Waals surface area contributed by atoms with Crippen LogP contribution in [0.5, 0.6) is 0 Å². The van der Waals surface area contributed by atoms with Crippen molar-refractivity contribution in [3.8, 4) is 0 Å². The van der Waals surface area contributed by atoms with Crippen molar-refractivity contribution in [1.29, 1.82) is 0 Å². The van der Waals surface area contributed by atoms with Crippen LogP contribution in [0.15, 0.2) is 42.9 Å². The number of aromatic nitrogens is 3. The van der Waals surface area contributed by atoms with E-state index in [-0.39, 0.29) is 11.7 Å². The maximum atomic E-state index is 13.7. The van der Waals surface area contributed by atoms with Crippen LogP contribution in [0, 0.1) is 26.6 Å². The lowest BCUT2D eigenvalue weighted by molar-refractivity contribution is 0.0745. The summed E-state index contributed by atoms with van der Waals surface area (Å²) in [4.78, 5) is 32.9. The Balaban J connectivity index is 1.25. The van der Waals surface area contributed by atoms with Crippen LogP contribution in [-0.4, -0.2) is 71.1 Å². The number of halogens is 1. The SMILES string of the molecule is Cc1cc(C)c(C(=O)N2CCN(c3ccc(F)cn3)CC2)c(C)c1NC1CCN(c2ncccn2)CC1. The zero-order valence-corrected chi connectivity index (χ0v) is 21.7. The van der Waals surface area contributed by atoms with Crippen LogP contribution in [-0.2, 0) is 0 Å². The van der Waals surface area contributed by atoms with Crippen molar-refractivity contribution in [2.45, 2.75) is 39.7 Å². The Morgan fingerprint density at radius 1 is 0.919 bits per heavy atom. The number of amides is 1. The standard InChI is InChI=1S/C28H34FN7O/c1-19-17-20(2)26(33-23-7-11-36(12-8-23)28-30-9-4-10-31-28)21(3)25(19)27(37)35-15-13-34(14-16-35)24-6-5-22(29)18-32-24/h4-6,9-10,17-18,23,33H,7-8,11-16H2,1-3H3. The Bertz CT molecular complexity index is 1240. The number of piperidine rings is 1. The molecule has 0 saturated carbocycles. The summed E-state index contributed by atoms with van der Waals surface area (Å²) in [5.74, 6) is 1.25. The number of nitrogens with zero attached hydrogens (tertiary/aromatic N) is 6. The summed E-state index contributed by atoms with van der Waals surface area (Å²) in [6.07, 6.45) is 6.76. The molecule has 0 radical (unpaired) electrons. The van der Waals surface area contributed by atoms with E-state index in [0.29, 0.717) is 32.2 Å². The van der Waals surface area contributed by atoms with Gasteiger partial charge in [0.15, 0.2) is 0 Å². The van der Waals surface area contributed by atoms with Gasteiger partial charge in [-0.25, -0.2) is 19.3 Å².